The minimum Gasteiger partial charge on any atom is -0.463 e. The number of benzene rings is 3. The zero-order valence-electron chi connectivity index (χ0n) is 25.7. The molecule has 1 atom stereocenters. The molecule has 0 aliphatic heterocycles. The van der Waals surface area contributed by atoms with Crippen LogP contribution >= 0.6 is 0 Å². The molecule has 242 valence electrons. The lowest BCUT2D eigenvalue weighted by molar-refractivity contribution is -0.137. The first kappa shape index (κ1) is 35.6. The molecular formula is C36H35F4NO5. The second-order valence-electron chi connectivity index (χ2n) is 11.0. The molecule has 0 saturated heterocycles. The van der Waals surface area contributed by atoms with E-state index in [-0.39, 0.29) is 12.0 Å². The van der Waals surface area contributed by atoms with Crippen molar-refractivity contribution in [2.75, 3.05) is 12.4 Å². The molecule has 1 saturated carbocycles. The van der Waals surface area contributed by atoms with Crippen molar-refractivity contribution in [1.29, 1.82) is 0 Å². The van der Waals surface area contributed by atoms with Crippen LogP contribution in [0.4, 0.5) is 23.2 Å². The monoisotopic (exact) mass is 637 g/mol. The fraction of sp³-hybridized carbons (Fsp3) is 0.278. The number of halogens is 4. The van der Waals surface area contributed by atoms with Gasteiger partial charge >= 0.3 is 6.18 Å². The van der Waals surface area contributed by atoms with Crippen molar-refractivity contribution in [2.45, 2.75) is 56.9 Å². The number of ether oxygens (including phenoxy) is 2. The number of rotatable bonds is 10. The fourth-order valence-corrected chi connectivity index (χ4v) is 4.65. The average molecular weight is 638 g/mol. The van der Waals surface area contributed by atoms with E-state index in [1.54, 1.807) is 12.1 Å². The molecule has 1 aliphatic rings. The molecule has 6 nitrogen and oxygen atoms in total. The summed E-state index contributed by atoms with van der Waals surface area (Å²) in [5.74, 6) is 0.879. The number of hydrogen-bond acceptors (Lipinski definition) is 6. The zero-order valence-corrected chi connectivity index (χ0v) is 25.7. The van der Waals surface area contributed by atoms with Gasteiger partial charge in [-0.15, -0.1) is 0 Å². The van der Waals surface area contributed by atoms with E-state index in [1.165, 1.54) is 6.92 Å². The highest BCUT2D eigenvalue weighted by atomic mass is 19.4. The van der Waals surface area contributed by atoms with E-state index in [1.807, 2.05) is 68.6 Å². The second kappa shape index (κ2) is 15.9. The van der Waals surface area contributed by atoms with Crippen LogP contribution in [0.1, 0.15) is 48.4 Å². The summed E-state index contributed by atoms with van der Waals surface area (Å²) in [6, 6.07) is 28.9. The van der Waals surface area contributed by atoms with Crippen molar-refractivity contribution >= 4 is 18.4 Å². The maximum absolute atomic E-state index is 13.8. The molecule has 0 radical (unpaired) electrons. The molecule has 2 N–H and O–H groups in total. The molecule has 0 heterocycles. The van der Waals surface area contributed by atoms with Gasteiger partial charge in [0.1, 0.15) is 29.5 Å². The van der Waals surface area contributed by atoms with Crippen LogP contribution in [-0.2, 0) is 32.5 Å². The van der Waals surface area contributed by atoms with Gasteiger partial charge in [-0.1, -0.05) is 36.4 Å². The van der Waals surface area contributed by atoms with Crippen LogP contribution in [0.15, 0.2) is 84.9 Å². The number of aldehydes is 1. The van der Waals surface area contributed by atoms with Crippen LogP contribution in [0.2, 0.25) is 0 Å². The Bertz CT molecular complexity index is 1520. The zero-order chi connectivity index (χ0) is 33.8. The quantitative estimate of drug-likeness (QED) is 0.135. The smallest absolute Gasteiger partial charge is 0.416 e. The van der Waals surface area contributed by atoms with Crippen molar-refractivity contribution in [3.8, 4) is 11.5 Å². The van der Waals surface area contributed by atoms with Gasteiger partial charge in [-0.25, -0.2) is 4.39 Å². The van der Waals surface area contributed by atoms with E-state index < -0.39 is 28.6 Å². The van der Waals surface area contributed by atoms with Gasteiger partial charge in [-0.3, -0.25) is 4.79 Å². The standard InChI is InChI=1S/C14H14F4O2.C12H8O.C10H13NO2/c1-12(20,8-19)7-13(4-5-13)10-6-9(14(16,17)18)2-3-11(10)15;1-3-7-11(8-4-1)13-12-9-5-2-6-10-12;1-8-3-4-10(11-2)5-9(8)6-13-7-12/h2-3,6,8,20H,4-5,7H2,1H3;1,3-5,7-10H;3-5,7,11H,6H2,1-2H3. The third kappa shape index (κ3) is 10.6. The number of aliphatic hydroxyl groups is 1. The van der Waals surface area contributed by atoms with Crippen molar-refractivity contribution in [3.63, 3.8) is 0 Å². The first-order valence-corrected chi connectivity index (χ1v) is 14.3. The minimum absolute atomic E-state index is 0.0746. The van der Waals surface area contributed by atoms with Crippen molar-refractivity contribution in [1.82, 2.24) is 0 Å². The lowest BCUT2D eigenvalue weighted by Crippen LogP contribution is -2.32. The molecule has 0 amide bonds. The maximum Gasteiger partial charge on any atom is 0.416 e. The van der Waals surface area contributed by atoms with Crippen LogP contribution in [-0.4, -0.2) is 30.5 Å². The predicted octanol–water partition coefficient (Wildman–Crippen LogP) is 8.01. The van der Waals surface area contributed by atoms with E-state index in [4.69, 9.17) is 9.47 Å². The molecule has 46 heavy (non-hydrogen) atoms. The fourth-order valence-electron chi connectivity index (χ4n) is 4.65. The number of nitrogens with one attached hydrogen (secondary N) is 1. The van der Waals surface area contributed by atoms with Crippen molar-refractivity contribution in [2.24, 2.45) is 0 Å². The largest absolute Gasteiger partial charge is 0.463 e. The normalized spacial score (nSPS) is 14.0. The first-order chi connectivity index (χ1) is 21.8. The summed E-state index contributed by atoms with van der Waals surface area (Å²) < 4.78 is 62.1. The van der Waals surface area contributed by atoms with E-state index in [0.717, 1.165) is 40.4 Å². The molecule has 0 spiro atoms. The third-order valence-corrected chi connectivity index (χ3v) is 7.22. The Labute approximate surface area is 266 Å². The number of aryl methyl sites for hydroxylation is 1. The molecule has 4 aromatic carbocycles. The Morgan fingerprint density at radius 1 is 0.978 bits per heavy atom. The molecule has 0 bridgehead atoms. The molecular weight excluding hydrogens is 602 g/mol. The second-order valence-corrected chi connectivity index (χ2v) is 11.0. The van der Waals surface area contributed by atoms with Gasteiger partial charge in [-0.2, -0.15) is 13.2 Å². The first-order valence-electron chi connectivity index (χ1n) is 14.3. The highest BCUT2D eigenvalue weighted by molar-refractivity contribution is 5.62. The van der Waals surface area contributed by atoms with Crippen LogP contribution in [0, 0.1) is 24.9 Å². The summed E-state index contributed by atoms with van der Waals surface area (Å²) >= 11 is 0. The summed E-state index contributed by atoms with van der Waals surface area (Å²) in [7, 11) is 1.86. The Kier molecular flexibility index (Phi) is 12.3. The average Bonchev–Trinajstić information content (AvgIpc) is 3.81. The third-order valence-electron chi connectivity index (χ3n) is 7.22. The van der Waals surface area contributed by atoms with Gasteiger partial charge in [0.25, 0.3) is 6.47 Å². The van der Waals surface area contributed by atoms with Gasteiger partial charge in [-0.05, 0) is 104 Å². The van der Waals surface area contributed by atoms with Crippen molar-refractivity contribution < 1.29 is 41.7 Å². The number of carbonyl (C=O) groups excluding carboxylic acids is 2. The van der Waals surface area contributed by atoms with E-state index in [0.29, 0.717) is 38.3 Å². The van der Waals surface area contributed by atoms with Crippen LogP contribution in [0.3, 0.4) is 0 Å². The number of carbonyl (C=O) groups is 2. The molecule has 1 unspecified atom stereocenters. The van der Waals surface area contributed by atoms with Crippen LogP contribution in [0.5, 0.6) is 11.5 Å². The summed E-state index contributed by atoms with van der Waals surface area (Å²) in [6.07, 6.45) is -3.39. The van der Waals surface area contributed by atoms with Gasteiger partial charge in [0, 0.05) is 24.2 Å². The SMILES string of the molecule is CC(O)(C=O)CC1(c2cc(C(F)(F)F)ccc2F)CC1.CNc1ccc(C)c(COC=O)c1.c1ccc(Oc2ccccc2)cc#1. The van der Waals surface area contributed by atoms with E-state index >= 15 is 0 Å². The number of hydrogen-bond donors (Lipinski definition) is 2. The molecule has 1 aliphatic carbocycles. The molecule has 5 rings (SSSR count). The summed E-state index contributed by atoms with van der Waals surface area (Å²) in [5.41, 5.74) is -0.373. The van der Waals surface area contributed by atoms with Crippen LogP contribution < -0.4 is 10.1 Å². The Balaban J connectivity index is 0.000000195. The summed E-state index contributed by atoms with van der Waals surface area (Å²) in [5, 5.41) is 12.8. The lowest BCUT2D eigenvalue weighted by atomic mass is 9.84. The van der Waals surface area contributed by atoms with Gasteiger partial charge < -0.3 is 24.7 Å². The molecule has 0 aromatic heterocycles. The Hall–Kier alpha value is -4.88. The van der Waals surface area contributed by atoms with Crippen molar-refractivity contribution in [3.05, 3.63) is 125 Å². The number of alkyl halides is 3. The van der Waals surface area contributed by atoms with E-state index in [2.05, 4.69) is 17.4 Å². The Morgan fingerprint density at radius 2 is 1.70 bits per heavy atom. The number of anilines is 1. The van der Waals surface area contributed by atoms with Gasteiger partial charge in [0.05, 0.1) is 5.56 Å². The molecule has 1 fully saturated rings. The summed E-state index contributed by atoms with van der Waals surface area (Å²) in [4.78, 5) is 20.8. The molecule has 4 aromatic rings. The Morgan fingerprint density at radius 3 is 2.26 bits per heavy atom. The predicted molar refractivity (Wildman–Crippen MR) is 166 cm³/mol. The van der Waals surface area contributed by atoms with Gasteiger partial charge in [0.2, 0.25) is 0 Å². The summed E-state index contributed by atoms with van der Waals surface area (Å²) in [6.45, 7) is 4.06. The number of para-hydroxylation sites is 1. The maximum atomic E-state index is 13.8. The van der Waals surface area contributed by atoms with Crippen LogP contribution in [0.25, 0.3) is 0 Å². The van der Waals surface area contributed by atoms with E-state index in [9.17, 15) is 32.3 Å². The lowest BCUT2D eigenvalue weighted by Gasteiger charge is -2.25. The highest BCUT2D eigenvalue weighted by Gasteiger charge is 2.50. The highest BCUT2D eigenvalue weighted by Crippen LogP contribution is 2.54. The van der Waals surface area contributed by atoms with Gasteiger partial charge in [0.15, 0.2) is 6.29 Å². The topological polar surface area (TPSA) is 84.9 Å². The molecule has 10 heteroatoms. The minimum atomic E-state index is -4.55.